The molecule has 2 atom stereocenters. The molecule has 2 amide bonds. The summed E-state index contributed by atoms with van der Waals surface area (Å²) in [5.74, 6) is -0.459. The molecule has 0 radical (unpaired) electrons. The Labute approximate surface area is 401 Å². The number of carbonyl (C=O) groups is 3. The third kappa shape index (κ3) is 12.4. The van der Waals surface area contributed by atoms with Gasteiger partial charge in [-0.3, -0.25) is 19.3 Å². The molecule has 6 N–H and O–H groups in total. The Hall–Kier alpha value is -6.84. The molecule has 0 aliphatic carbocycles. The Balaban J connectivity index is 0.749. The smallest absolute Gasteiger partial charge is 0.347 e. The van der Waals surface area contributed by atoms with Crippen molar-refractivity contribution in [3.8, 4) is 11.5 Å². The summed E-state index contributed by atoms with van der Waals surface area (Å²) < 4.78 is 11.8. The molecule has 2 fully saturated rings. The Morgan fingerprint density at radius 1 is 0.768 bits per heavy atom. The highest BCUT2D eigenvalue weighted by atomic mass is 16.5. The van der Waals surface area contributed by atoms with Crippen molar-refractivity contribution in [3.05, 3.63) is 177 Å². The second-order valence-corrected chi connectivity index (χ2v) is 18.2. The fourth-order valence-electron chi connectivity index (χ4n) is 9.27. The summed E-state index contributed by atoms with van der Waals surface area (Å²) in [7, 11) is 0. The number of hydrogen-bond acceptors (Lipinski definition) is 11. The molecular formula is C55H61N5O9. The molecular weight excluding hydrogens is 875 g/mol. The number of esters is 1. The first-order valence-corrected chi connectivity index (χ1v) is 23.9. The number of ether oxygens (including phenoxy) is 2. The molecule has 2 saturated heterocycles. The first-order valence-electron chi connectivity index (χ1n) is 23.9. The number of phenolic OH excluding ortho intramolecular Hbond substituents is 1. The lowest BCUT2D eigenvalue weighted by atomic mass is 9.86. The zero-order valence-corrected chi connectivity index (χ0v) is 38.7. The van der Waals surface area contributed by atoms with Gasteiger partial charge in [-0.1, -0.05) is 91.0 Å². The molecule has 6 aromatic rings. The Bertz CT molecular complexity index is 2720. The summed E-state index contributed by atoms with van der Waals surface area (Å²) >= 11 is 0. The number of amides is 2. The van der Waals surface area contributed by atoms with Gasteiger partial charge < -0.3 is 45.3 Å². The maximum absolute atomic E-state index is 13.9. The predicted molar refractivity (Wildman–Crippen MR) is 263 cm³/mol. The molecule has 0 saturated carbocycles. The summed E-state index contributed by atoms with van der Waals surface area (Å²) in [5.41, 5.74) is 2.02. The number of aliphatic hydroxyl groups is 2. The molecule has 14 heteroatoms. The van der Waals surface area contributed by atoms with Crippen molar-refractivity contribution in [2.24, 2.45) is 11.8 Å². The number of nitrogens with one attached hydrogen (secondary N) is 3. The van der Waals surface area contributed by atoms with Gasteiger partial charge in [-0.2, -0.15) is 0 Å². The van der Waals surface area contributed by atoms with Crippen LogP contribution in [-0.2, 0) is 32.9 Å². The van der Waals surface area contributed by atoms with Gasteiger partial charge in [0.2, 0.25) is 11.2 Å². The molecule has 2 aliphatic heterocycles. The van der Waals surface area contributed by atoms with E-state index in [2.05, 4.69) is 32.7 Å². The minimum absolute atomic E-state index is 0.0359. The van der Waals surface area contributed by atoms with Crippen LogP contribution < -0.4 is 20.9 Å². The molecule has 2 aliphatic rings. The maximum Gasteiger partial charge on any atom is 0.347 e. The van der Waals surface area contributed by atoms with Crippen LogP contribution in [0.1, 0.15) is 70.0 Å². The number of piperidine rings is 2. The highest BCUT2D eigenvalue weighted by molar-refractivity contribution is 5.94. The molecule has 69 heavy (non-hydrogen) atoms. The number of aromatic amines is 1. The molecule has 14 nitrogen and oxygen atoms in total. The quantitative estimate of drug-likeness (QED) is 0.0423. The summed E-state index contributed by atoms with van der Waals surface area (Å²) in [4.78, 5) is 58.8. The number of likely N-dealkylation sites (tertiary alicyclic amines) is 2. The molecule has 8 rings (SSSR count). The van der Waals surface area contributed by atoms with E-state index in [1.54, 1.807) is 60.7 Å². The lowest BCUT2D eigenvalue weighted by Gasteiger charge is -2.33. The van der Waals surface area contributed by atoms with Crippen LogP contribution >= 0.6 is 0 Å². The van der Waals surface area contributed by atoms with E-state index in [0.29, 0.717) is 65.9 Å². The molecule has 0 spiro atoms. The highest BCUT2D eigenvalue weighted by Gasteiger charge is 2.42. The number of aliphatic hydroxyl groups excluding tert-OH is 1. The van der Waals surface area contributed by atoms with E-state index in [1.807, 2.05) is 53.4 Å². The number of pyridine rings is 1. The number of hydrogen-bond donors (Lipinski definition) is 6. The standard InChI is InChI=1S/C55H61N5O9/c61-48-20-18-46(47-19-21-50(63)58-52(47)48)49(62)34-56-27-22-38-14-16-42(17-15-38)53(65)60-30-25-39(26-31-60)33-57-51(64)37-68-45-13-7-12-44(32-45)55(67,43-10-5-2-6-11-43)54(66)69-36-41-23-28-59(29-24-41)35-40-8-3-1-4-9-40/h1-21,32,39,41,49,56,61-62,67H,22-31,33-37H2,(H,57,64)(H,58,63)/t49-,55?/m0/s1. The number of rotatable bonds is 19. The van der Waals surface area contributed by atoms with Gasteiger partial charge >= 0.3 is 5.97 Å². The Morgan fingerprint density at radius 2 is 1.46 bits per heavy atom. The van der Waals surface area contributed by atoms with Crippen molar-refractivity contribution in [2.45, 2.75) is 50.4 Å². The highest BCUT2D eigenvalue weighted by Crippen LogP contribution is 2.34. The van der Waals surface area contributed by atoms with Gasteiger partial charge in [-0.15, -0.1) is 0 Å². The summed E-state index contributed by atoms with van der Waals surface area (Å²) in [6.07, 6.45) is 3.08. The number of aromatic hydroxyl groups is 1. The largest absolute Gasteiger partial charge is 0.506 e. The van der Waals surface area contributed by atoms with E-state index in [1.165, 1.54) is 17.7 Å². The number of nitrogens with zero attached hydrogens (tertiary/aromatic N) is 2. The number of phenols is 1. The van der Waals surface area contributed by atoms with Gasteiger partial charge in [0, 0.05) is 55.3 Å². The molecule has 0 bridgehead atoms. The van der Waals surface area contributed by atoms with Crippen LogP contribution in [0.25, 0.3) is 10.9 Å². The third-order valence-corrected chi connectivity index (χ3v) is 13.4. The van der Waals surface area contributed by atoms with Gasteiger partial charge in [0.15, 0.2) is 6.61 Å². The lowest BCUT2D eigenvalue weighted by molar-refractivity contribution is -0.164. The van der Waals surface area contributed by atoms with Crippen molar-refractivity contribution in [1.82, 2.24) is 25.4 Å². The molecule has 3 heterocycles. The fourth-order valence-corrected chi connectivity index (χ4v) is 9.27. The van der Waals surface area contributed by atoms with Gasteiger partial charge in [-0.25, -0.2) is 4.79 Å². The second-order valence-electron chi connectivity index (χ2n) is 18.2. The van der Waals surface area contributed by atoms with Crippen molar-refractivity contribution in [1.29, 1.82) is 0 Å². The minimum atomic E-state index is -2.10. The van der Waals surface area contributed by atoms with Crippen LogP contribution in [-0.4, -0.2) is 107 Å². The van der Waals surface area contributed by atoms with Crippen molar-refractivity contribution in [3.63, 3.8) is 0 Å². The first-order chi connectivity index (χ1) is 33.5. The van der Waals surface area contributed by atoms with E-state index < -0.39 is 17.7 Å². The van der Waals surface area contributed by atoms with Crippen LogP contribution in [0.2, 0.25) is 0 Å². The van der Waals surface area contributed by atoms with E-state index in [4.69, 9.17) is 9.47 Å². The van der Waals surface area contributed by atoms with Gasteiger partial charge in [0.1, 0.15) is 11.5 Å². The summed E-state index contributed by atoms with van der Waals surface area (Å²) in [6, 6.07) is 39.3. The van der Waals surface area contributed by atoms with Crippen molar-refractivity contribution < 1.29 is 39.2 Å². The van der Waals surface area contributed by atoms with E-state index in [-0.39, 0.29) is 60.3 Å². The first kappa shape index (κ1) is 48.6. The number of H-pyrrole nitrogens is 1. The van der Waals surface area contributed by atoms with Crippen molar-refractivity contribution in [2.75, 3.05) is 59.0 Å². The van der Waals surface area contributed by atoms with Crippen LogP contribution in [0, 0.1) is 11.8 Å². The third-order valence-electron chi connectivity index (χ3n) is 13.4. The van der Waals surface area contributed by atoms with E-state index in [0.717, 1.165) is 50.9 Å². The zero-order valence-electron chi connectivity index (χ0n) is 38.7. The molecule has 1 aromatic heterocycles. The topological polar surface area (TPSA) is 194 Å². The minimum Gasteiger partial charge on any atom is -0.506 e. The average Bonchev–Trinajstić information content (AvgIpc) is 3.39. The number of aromatic nitrogens is 1. The second kappa shape index (κ2) is 23.0. The number of fused-ring (bicyclic) bond motifs is 1. The zero-order chi connectivity index (χ0) is 48.2. The molecule has 1 unspecified atom stereocenters. The van der Waals surface area contributed by atoms with Gasteiger partial charge in [0.05, 0.1) is 18.2 Å². The summed E-state index contributed by atoms with van der Waals surface area (Å²) in [6.45, 7) is 5.10. The lowest BCUT2D eigenvalue weighted by Crippen LogP contribution is -2.42. The molecule has 5 aromatic carbocycles. The molecule has 360 valence electrons. The van der Waals surface area contributed by atoms with Crippen LogP contribution in [0.3, 0.4) is 0 Å². The monoisotopic (exact) mass is 935 g/mol. The van der Waals surface area contributed by atoms with E-state index in [9.17, 15) is 34.5 Å². The van der Waals surface area contributed by atoms with Gasteiger partial charge in [0.25, 0.3) is 11.8 Å². The summed E-state index contributed by atoms with van der Waals surface area (Å²) in [5, 5.41) is 40.0. The normalized spacial score (nSPS) is 16.1. The van der Waals surface area contributed by atoms with Crippen molar-refractivity contribution >= 4 is 28.7 Å². The van der Waals surface area contributed by atoms with Crippen LogP contribution in [0.5, 0.6) is 11.5 Å². The SMILES string of the molecule is O=C(COc1cccc(C(O)(C(=O)OCC2CCN(Cc3ccccc3)CC2)c2ccccc2)c1)NCC1CCN(C(=O)c2ccc(CCNC[C@H](O)c3ccc(O)c4[nH]c(=O)ccc34)cc2)CC1. The van der Waals surface area contributed by atoms with E-state index >= 15 is 0 Å². The Kier molecular flexibility index (Phi) is 16.2. The number of benzene rings is 5. The van der Waals surface area contributed by atoms with Gasteiger partial charge in [-0.05, 0) is 122 Å². The Morgan fingerprint density at radius 3 is 2.20 bits per heavy atom. The van der Waals surface area contributed by atoms with Crippen LogP contribution in [0.4, 0.5) is 0 Å². The fraction of sp³-hybridized carbons (Fsp3) is 0.345. The predicted octanol–water partition coefficient (Wildman–Crippen LogP) is 5.84. The maximum atomic E-state index is 13.9. The number of carbonyl (C=O) groups excluding carboxylic acids is 3. The van der Waals surface area contributed by atoms with Crippen LogP contribution in [0.15, 0.2) is 138 Å². The average molecular weight is 936 g/mol.